The molecule has 134 valence electrons. The molecule has 0 saturated carbocycles. The van der Waals surface area contributed by atoms with Gasteiger partial charge in [0.15, 0.2) is 0 Å². The Balaban J connectivity index is 1.94. The van der Waals surface area contributed by atoms with Crippen molar-refractivity contribution in [3.8, 4) is 0 Å². The van der Waals surface area contributed by atoms with Crippen LogP contribution in [-0.4, -0.2) is 34.8 Å². The average molecular weight is 358 g/mol. The van der Waals surface area contributed by atoms with Crippen LogP contribution in [0.15, 0.2) is 53.6 Å². The first-order valence-corrected chi connectivity index (χ1v) is 9.93. The zero-order valence-electron chi connectivity index (χ0n) is 15.2. The van der Waals surface area contributed by atoms with Crippen molar-refractivity contribution in [2.24, 2.45) is 0 Å². The van der Waals surface area contributed by atoms with Crippen molar-refractivity contribution in [3.05, 3.63) is 59.9 Å². The normalized spacial score (nSPS) is 11.8. The molecule has 2 amide bonds. The second-order valence-electron chi connectivity index (χ2n) is 6.15. The molecular formula is C20H27N3OS. The van der Waals surface area contributed by atoms with Gasteiger partial charge in [-0.25, -0.2) is 4.79 Å². The summed E-state index contributed by atoms with van der Waals surface area (Å²) >= 11 is 1.72. The van der Waals surface area contributed by atoms with E-state index < -0.39 is 0 Å². The Bertz CT molecular complexity index is 646. The Hall–Kier alpha value is -2.01. The van der Waals surface area contributed by atoms with Crippen molar-refractivity contribution >= 4 is 17.8 Å². The molecule has 1 heterocycles. The third-order valence-electron chi connectivity index (χ3n) is 3.92. The van der Waals surface area contributed by atoms with Gasteiger partial charge in [-0.2, -0.15) is 0 Å². The molecule has 1 N–H and O–H groups in total. The molecule has 5 heteroatoms. The first kappa shape index (κ1) is 19.3. The maximum atomic E-state index is 12.7. The van der Waals surface area contributed by atoms with Gasteiger partial charge in [-0.05, 0) is 49.4 Å². The molecule has 1 unspecified atom stereocenters. The van der Waals surface area contributed by atoms with Gasteiger partial charge in [-0.3, -0.25) is 4.98 Å². The maximum absolute atomic E-state index is 12.7. The summed E-state index contributed by atoms with van der Waals surface area (Å²) in [6, 6.07) is 14.3. The van der Waals surface area contributed by atoms with Gasteiger partial charge in [0.2, 0.25) is 0 Å². The highest BCUT2D eigenvalue weighted by Crippen LogP contribution is 2.16. The molecule has 0 aliphatic rings. The van der Waals surface area contributed by atoms with Crippen molar-refractivity contribution in [1.82, 2.24) is 15.2 Å². The van der Waals surface area contributed by atoms with Gasteiger partial charge in [0.05, 0.1) is 0 Å². The fourth-order valence-corrected chi connectivity index (χ4v) is 3.07. The number of pyridine rings is 1. The lowest BCUT2D eigenvalue weighted by atomic mass is 10.1. The molecule has 0 aliphatic carbocycles. The number of nitrogens with zero attached hydrogens (tertiary/aromatic N) is 2. The summed E-state index contributed by atoms with van der Waals surface area (Å²) in [5.74, 6) is 0. The van der Waals surface area contributed by atoms with Crippen LogP contribution in [-0.2, 0) is 13.0 Å². The van der Waals surface area contributed by atoms with Gasteiger partial charge in [0, 0.05) is 42.3 Å². The summed E-state index contributed by atoms with van der Waals surface area (Å²) in [6.45, 7) is 5.48. The molecule has 1 aromatic carbocycles. The predicted molar refractivity (Wildman–Crippen MR) is 105 cm³/mol. The van der Waals surface area contributed by atoms with Gasteiger partial charge in [-0.15, -0.1) is 11.8 Å². The number of hydrogen-bond acceptors (Lipinski definition) is 3. The van der Waals surface area contributed by atoms with E-state index in [-0.39, 0.29) is 12.1 Å². The van der Waals surface area contributed by atoms with E-state index in [9.17, 15) is 4.79 Å². The van der Waals surface area contributed by atoms with Crippen LogP contribution < -0.4 is 5.32 Å². The van der Waals surface area contributed by atoms with Gasteiger partial charge < -0.3 is 10.2 Å². The molecule has 25 heavy (non-hydrogen) atoms. The summed E-state index contributed by atoms with van der Waals surface area (Å²) in [6.07, 6.45) is 5.51. The van der Waals surface area contributed by atoms with Gasteiger partial charge in [-0.1, -0.05) is 25.1 Å². The minimum Gasteiger partial charge on any atom is -0.335 e. The quantitative estimate of drug-likeness (QED) is 0.714. The van der Waals surface area contributed by atoms with E-state index in [2.05, 4.69) is 47.7 Å². The van der Waals surface area contributed by atoms with E-state index in [0.717, 1.165) is 30.6 Å². The van der Waals surface area contributed by atoms with Crippen LogP contribution in [0.2, 0.25) is 0 Å². The number of benzene rings is 1. The molecule has 0 saturated heterocycles. The van der Waals surface area contributed by atoms with Crippen molar-refractivity contribution in [2.75, 3.05) is 12.8 Å². The van der Waals surface area contributed by atoms with E-state index in [1.165, 1.54) is 4.90 Å². The predicted octanol–water partition coefficient (Wildman–Crippen LogP) is 4.36. The minimum atomic E-state index is -0.0146. The van der Waals surface area contributed by atoms with Crippen molar-refractivity contribution < 1.29 is 4.79 Å². The summed E-state index contributed by atoms with van der Waals surface area (Å²) in [4.78, 5) is 20.1. The van der Waals surface area contributed by atoms with Crippen LogP contribution in [0.5, 0.6) is 0 Å². The fraction of sp³-hybridized carbons (Fsp3) is 0.400. The van der Waals surface area contributed by atoms with Crippen molar-refractivity contribution in [3.63, 3.8) is 0 Å². The molecule has 1 aromatic heterocycles. The number of urea groups is 1. The smallest absolute Gasteiger partial charge is 0.317 e. The van der Waals surface area contributed by atoms with Crippen LogP contribution in [0.3, 0.4) is 0 Å². The summed E-state index contributed by atoms with van der Waals surface area (Å²) in [5, 5.41) is 3.10. The molecule has 0 bridgehead atoms. The lowest BCUT2D eigenvalue weighted by molar-refractivity contribution is 0.191. The SMILES string of the molecule is CCCN(Cc1ccc(SC)cc1)C(=O)NC(C)Cc1ccccn1. The van der Waals surface area contributed by atoms with Crippen LogP contribution in [0.1, 0.15) is 31.5 Å². The first-order chi connectivity index (χ1) is 12.1. The second-order valence-corrected chi connectivity index (χ2v) is 7.03. The van der Waals surface area contributed by atoms with Gasteiger partial charge in [0.25, 0.3) is 0 Å². The fourth-order valence-electron chi connectivity index (χ4n) is 2.66. The Morgan fingerprint density at radius 3 is 2.60 bits per heavy atom. The second kappa shape index (κ2) is 10.1. The van der Waals surface area contributed by atoms with Gasteiger partial charge >= 0.3 is 6.03 Å². The van der Waals surface area contributed by atoms with E-state index in [0.29, 0.717) is 6.54 Å². The highest BCUT2D eigenvalue weighted by atomic mass is 32.2. The van der Waals surface area contributed by atoms with E-state index >= 15 is 0 Å². The zero-order chi connectivity index (χ0) is 18.1. The molecular weight excluding hydrogens is 330 g/mol. The van der Waals surface area contributed by atoms with Crippen LogP contribution in [0.25, 0.3) is 0 Å². The largest absolute Gasteiger partial charge is 0.335 e. The molecule has 2 rings (SSSR count). The van der Waals surface area contributed by atoms with Gasteiger partial charge in [0.1, 0.15) is 0 Å². The molecule has 0 aliphatic heterocycles. The number of rotatable bonds is 8. The summed E-state index contributed by atoms with van der Waals surface area (Å²) in [5.41, 5.74) is 2.14. The number of hydrogen-bond donors (Lipinski definition) is 1. The lowest BCUT2D eigenvalue weighted by Gasteiger charge is -2.25. The topological polar surface area (TPSA) is 45.2 Å². The number of carbonyl (C=O) groups is 1. The number of nitrogens with one attached hydrogen (secondary N) is 1. The van der Waals surface area contributed by atoms with Crippen LogP contribution in [0.4, 0.5) is 4.79 Å². The molecule has 0 fully saturated rings. The highest BCUT2D eigenvalue weighted by Gasteiger charge is 2.16. The Morgan fingerprint density at radius 1 is 1.24 bits per heavy atom. The summed E-state index contributed by atoms with van der Waals surface area (Å²) < 4.78 is 0. The van der Waals surface area contributed by atoms with Crippen molar-refractivity contribution in [2.45, 2.75) is 44.2 Å². The number of thioether (sulfide) groups is 1. The highest BCUT2D eigenvalue weighted by molar-refractivity contribution is 7.98. The van der Waals surface area contributed by atoms with E-state index in [1.54, 1.807) is 18.0 Å². The molecule has 1 atom stereocenters. The first-order valence-electron chi connectivity index (χ1n) is 8.70. The lowest BCUT2D eigenvalue weighted by Crippen LogP contribution is -2.44. The van der Waals surface area contributed by atoms with E-state index in [4.69, 9.17) is 0 Å². The van der Waals surface area contributed by atoms with Crippen LogP contribution >= 0.6 is 11.8 Å². The Labute approximate surface area is 155 Å². The molecule has 0 spiro atoms. The Morgan fingerprint density at radius 2 is 2.00 bits per heavy atom. The number of carbonyl (C=O) groups excluding carboxylic acids is 1. The third-order valence-corrected chi connectivity index (χ3v) is 4.67. The molecule has 2 aromatic rings. The molecule has 0 radical (unpaired) electrons. The monoisotopic (exact) mass is 357 g/mol. The zero-order valence-corrected chi connectivity index (χ0v) is 16.1. The minimum absolute atomic E-state index is 0.0146. The third kappa shape index (κ3) is 6.42. The number of aromatic nitrogens is 1. The molecule has 4 nitrogen and oxygen atoms in total. The Kier molecular flexibility index (Phi) is 7.79. The van der Waals surface area contributed by atoms with Crippen molar-refractivity contribution in [1.29, 1.82) is 0 Å². The van der Waals surface area contributed by atoms with E-state index in [1.807, 2.05) is 30.0 Å². The average Bonchev–Trinajstić information content (AvgIpc) is 2.62. The summed E-state index contributed by atoms with van der Waals surface area (Å²) in [7, 11) is 0. The number of amides is 2. The standard InChI is InChI=1S/C20H27N3OS/c1-4-13-23(15-17-8-10-19(25-3)11-9-17)20(24)22-16(2)14-18-7-5-6-12-21-18/h5-12,16H,4,13-15H2,1-3H3,(H,22,24). The maximum Gasteiger partial charge on any atom is 0.317 e. The van der Waals surface area contributed by atoms with Crippen LogP contribution in [0, 0.1) is 0 Å².